The second-order valence-electron chi connectivity index (χ2n) is 7.99. The van der Waals surface area contributed by atoms with E-state index in [0.717, 1.165) is 10.9 Å². The van der Waals surface area contributed by atoms with Crippen LogP contribution in [0.25, 0.3) is 0 Å². The van der Waals surface area contributed by atoms with Crippen molar-refractivity contribution in [3.63, 3.8) is 0 Å². The van der Waals surface area contributed by atoms with Gasteiger partial charge >= 0.3 is 0 Å². The van der Waals surface area contributed by atoms with Crippen LogP contribution in [0.2, 0.25) is 5.02 Å². The van der Waals surface area contributed by atoms with Gasteiger partial charge < -0.3 is 5.32 Å². The summed E-state index contributed by atoms with van der Waals surface area (Å²) in [5, 5.41) is 3.13. The third kappa shape index (κ3) is 2.46. The number of allylic oxidation sites excluding steroid dienone is 2. The molecule has 2 bridgehead atoms. The van der Waals surface area contributed by atoms with E-state index in [1.165, 1.54) is 4.90 Å². The fraction of sp³-hybridized carbons (Fsp3) is 0.450. The standard InChI is InChI=1S/C20H18BrClN2O3/c1-8(18(25)23-15-5-2-9(21)6-14(15)22)24-19(26)16-10-3-4-11(13-7-12(10)13)17(16)20(24)27/h2-6,8,10-13,16-17H,7H2,1H3,(H,23,25)/t8-,10+,11+,12+,13+,16-,17+/m1/s1. The number of nitrogens with one attached hydrogen (secondary N) is 1. The summed E-state index contributed by atoms with van der Waals surface area (Å²) < 4.78 is 0.800. The van der Waals surface area contributed by atoms with Crippen molar-refractivity contribution in [3.05, 3.63) is 39.8 Å². The molecule has 1 heterocycles. The molecule has 5 nitrogen and oxygen atoms in total. The summed E-state index contributed by atoms with van der Waals surface area (Å²) in [6, 6.07) is 4.26. The molecule has 3 fully saturated rings. The van der Waals surface area contributed by atoms with Gasteiger partial charge in [0.15, 0.2) is 0 Å². The Morgan fingerprint density at radius 1 is 1.19 bits per heavy atom. The van der Waals surface area contributed by atoms with Gasteiger partial charge in [-0.25, -0.2) is 0 Å². The van der Waals surface area contributed by atoms with Crippen molar-refractivity contribution in [1.82, 2.24) is 4.90 Å². The summed E-state index contributed by atoms with van der Waals surface area (Å²) in [6.07, 6.45) is 5.37. The molecule has 1 aromatic rings. The summed E-state index contributed by atoms with van der Waals surface area (Å²) in [5.74, 6) is 0.0200. The molecule has 140 valence electrons. The first-order valence-electron chi connectivity index (χ1n) is 9.19. The van der Waals surface area contributed by atoms with Crippen LogP contribution in [0.15, 0.2) is 34.8 Å². The molecule has 1 aliphatic heterocycles. The zero-order valence-electron chi connectivity index (χ0n) is 14.6. The van der Waals surface area contributed by atoms with E-state index in [0.29, 0.717) is 22.5 Å². The lowest BCUT2D eigenvalue weighted by atomic mass is 9.63. The fourth-order valence-corrected chi connectivity index (χ4v) is 6.03. The predicted octanol–water partition coefficient (Wildman–Crippen LogP) is 3.48. The van der Waals surface area contributed by atoms with Gasteiger partial charge in [0.2, 0.25) is 17.7 Å². The van der Waals surface area contributed by atoms with Crippen LogP contribution in [0.5, 0.6) is 0 Å². The monoisotopic (exact) mass is 448 g/mol. The number of benzene rings is 1. The molecule has 7 atom stereocenters. The summed E-state index contributed by atoms with van der Waals surface area (Å²) in [6.45, 7) is 1.60. The minimum Gasteiger partial charge on any atom is -0.323 e. The molecule has 0 aromatic heterocycles. The second-order valence-corrected chi connectivity index (χ2v) is 9.31. The van der Waals surface area contributed by atoms with Crippen molar-refractivity contribution in [2.24, 2.45) is 35.5 Å². The average molecular weight is 450 g/mol. The molecule has 7 heteroatoms. The van der Waals surface area contributed by atoms with E-state index in [1.54, 1.807) is 25.1 Å². The highest BCUT2D eigenvalue weighted by atomic mass is 79.9. The Balaban J connectivity index is 1.38. The maximum absolute atomic E-state index is 13.1. The third-order valence-corrected chi connectivity index (χ3v) is 7.46. The van der Waals surface area contributed by atoms with Crippen molar-refractivity contribution in [3.8, 4) is 0 Å². The first-order chi connectivity index (χ1) is 12.9. The third-order valence-electron chi connectivity index (χ3n) is 6.65. The number of likely N-dealkylation sites (tertiary alicyclic amines) is 1. The van der Waals surface area contributed by atoms with Gasteiger partial charge in [-0.2, -0.15) is 0 Å². The first-order valence-corrected chi connectivity index (χ1v) is 10.4. The van der Waals surface area contributed by atoms with E-state index in [2.05, 4.69) is 33.4 Å². The molecule has 27 heavy (non-hydrogen) atoms. The van der Waals surface area contributed by atoms with Crippen molar-refractivity contribution >= 4 is 50.9 Å². The van der Waals surface area contributed by atoms with Crippen molar-refractivity contribution < 1.29 is 14.4 Å². The van der Waals surface area contributed by atoms with Gasteiger partial charge in [-0.05, 0) is 55.2 Å². The molecule has 1 aromatic carbocycles. The summed E-state index contributed by atoms with van der Waals surface area (Å²) >= 11 is 9.48. The number of hydrogen-bond acceptors (Lipinski definition) is 3. The molecule has 5 aliphatic rings. The first kappa shape index (κ1) is 17.4. The molecule has 6 rings (SSSR count). The molecule has 0 spiro atoms. The minimum atomic E-state index is -0.869. The van der Waals surface area contributed by atoms with Gasteiger partial charge in [-0.1, -0.05) is 39.7 Å². The van der Waals surface area contributed by atoms with Crippen LogP contribution in [-0.4, -0.2) is 28.7 Å². The van der Waals surface area contributed by atoms with E-state index in [9.17, 15) is 14.4 Å². The lowest BCUT2D eigenvalue weighted by Gasteiger charge is -2.37. The Hall–Kier alpha value is -1.66. The number of nitrogens with zero attached hydrogens (tertiary/aromatic N) is 1. The topological polar surface area (TPSA) is 66.5 Å². The highest BCUT2D eigenvalue weighted by Gasteiger charge is 2.67. The molecular formula is C20H18BrClN2O3. The number of rotatable bonds is 3. The summed E-state index contributed by atoms with van der Waals surface area (Å²) in [5.41, 5.74) is 0.455. The molecular weight excluding hydrogens is 432 g/mol. The normalized spacial score (nSPS) is 36.5. The Morgan fingerprint density at radius 3 is 2.33 bits per heavy atom. The molecule has 2 saturated carbocycles. The van der Waals surface area contributed by atoms with E-state index in [-0.39, 0.29) is 35.5 Å². The van der Waals surface area contributed by atoms with Crippen LogP contribution in [0.1, 0.15) is 13.3 Å². The Kier molecular flexibility index (Phi) is 3.82. The van der Waals surface area contributed by atoms with Crippen LogP contribution < -0.4 is 5.32 Å². The second kappa shape index (κ2) is 5.92. The number of imide groups is 1. The maximum Gasteiger partial charge on any atom is 0.247 e. The average Bonchev–Trinajstić information content (AvgIpc) is 3.41. The molecule has 1 saturated heterocycles. The van der Waals surface area contributed by atoms with Crippen LogP contribution in [0.4, 0.5) is 5.69 Å². The van der Waals surface area contributed by atoms with E-state index in [1.807, 2.05) is 0 Å². The fourth-order valence-electron chi connectivity index (χ4n) is 5.31. The Bertz CT molecular complexity index is 880. The summed E-state index contributed by atoms with van der Waals surface area (Å²) in [7, 11) is 0. The molecule has 3 amide bonds. The van der Waals surface area contributed by atoms with Crippen LogP contribution in [-0.2, 0) is 14.4 Å². The quantitative estimate of drug-likeness (QED) is 0.567. The SMILES string of the molecule is C[C@H](C(=O)Nc1ccc(Br)cc1Cl)N1C(=O)[C@@H]2[C@H]3C=C[C@@H]([C@@H]4C[C@@H]34)[C@@H]2C1=O. The van der Waals surface area contributed by atoms with Gasteiger partial charge in [-0.3, -0.25) is 19.3 Å². The van der Waals surface area contributed by atoms with Gasteiger partial charge in [-0.15, -0.1) is 0 Å². The number of halogens is 2. The highest BCUT2D eigenvalue weighted by molar-refractivity contribution is 9.10. The minimum absolute atomic E-state index is 0.155. The predicted molar refractivity (Wildman–Crippen MR) is 104 cm³/mol. The van der Waals surface area contributed by atoms with Crippen molar-refractivity contribution in [2.45, 2.75) is 19.4 Å². The van der Waals surface area contributed by atoms with Crippen LogP contribution in [0, 0.1) is 35.5 Å². The molecule has 4 aliphatic carbocycles. The molecule has 0 radical (unpaired) electrons. The van der Waals surface area contributed by atoms with Gasteiger partial charge in [0, 0.05) is 4.47 Å². The Morgan fingerprint density at radius 2 is 1.78 bits per heavy atom. The van der Waals surface area contributed by atoms with Crippen molar-refractivity contribution in [2.75, 3.05) is 5.32 Å². The lowest BCUT2D eigenvalue weighted by molar-refractivity contribution is -0.146. The Labute approximate surface area is 170 Å². The van der Waals surface area contributed by atoms with E-state index >= 15 is 0 Å². The lowest BCUT2D eigenvalue weighted by Crippen LogP contribution is -2.46. The zero-order chi connectivity index (χ0) is 19.0. The maximum atomic E-state index is 13.1. The number of amides is 3. The zero-order valence-corrected chi connectivity index (χ0v) is 16.9. The number of carbonyl (C=O) groups is 3. The smallest absolute Gasteiger partial charge is 0.247 e. The largest absolute Gasteiger partial charge is 0.323 e. The van der Waals surface area contributed by atoms with Gasteiger partial charge in [0.1, 0.15) is 6.04 Å². The van der Waals surface area contributed by atoms with Gasteiger partial charge in [0.05, 0.1) is 22.5 Å². The molecule has 1 N–H and O–H groups in total. The molecule has 0 unspecified atom stereocenters. The highest BCUT2D eigenvalue weighted by Crippen LogP contribution is 2.65. The number of carbonyl (C=O) groups excluding carboxylic acids is 3. The van der Waals surface area contributed by atoms with Crippen LogP contribution >= 0.6 is 27.5 Å². The van der Waals surface area contributed by atoms with E-state index in [4.69, 9.17) is 11.6 Å². The number of anilines is 1. The van der Waals surface area contributed by atoms with E-state index < -0.39 is 11.9 Å². The van der Waals surface area contributed by atoms with Crippen LogP contribution in [0.3, 0.4) is 0 Å². The van der Waals surface area contributed by atoms with Gasteiger partial charge in [0.25, 0.3) is 0 Å². The van der Waals surface area contributed by atoms with Crippen molar-refractivity contribution in [1.29, 1.82) is 0 Å². The summed E-state index contributed by atoms with van der Waals surface area (Å²) in [4.78, 5) is 40.1. The number of hydrogen-bond donors (Lipinski definition) is 1.